The number of aryl methyl sites for hydroxylation is 2. The van der Waals surface area contributed by atoms with E-state index >= 15 is 0 Å². The zero-order valence-corrected chi connectivity index (χ0v) is 12.1. The van der Waals surface area contributed by atoms with Crippen LogP contribution in [0, 0.1) is 0 Å². The van der Waals surface area contributed by atoms with Gasteiger partial charge in [-0.25, -0.2) is 9.97 Å². The van der Waals surface area contributed by atoms with Gasteiger partial charge in [-0.1, -0.05) is 13.0 Å². The Hall–Kier alpha value is -1.97. The summed E-state index contributed by atoms with van der Waals surface area (Å²) in [7, 11) is 1.90. The number of hydrogen-bond donors (Lipinski definition) is 1. The summed E-state index contributed by atoms with van der Waals surface area (Å²) in [5.74, 6) is 2.10. The second-order valence-electron chi connectivity index (χ2n) is 5.19. The van der Waals surface area contributed by atoms with Crippen molar-refractivity contribution in [3.8, 4) is 0 Å². The average molecular weight is 268 g/mol. The molecule has 4 heteroatoms. The number of nitrogens with one attached hydrogen (secondary N) is 1. The number of hydrogen-bond acceptors (Lipinski definition) is 4. The molecule has 0 bridgehead atoms. The van der Waals surface area contributed by atoms with Crippen LogP contribution >= 0.6 is 0 Å². The maximum absolute atomic E-state index is 4.73. The van der Waals surface area contributed by atoms with Gasteiger partial charge in [0.1, 0.15) is 11.6 Å². The molecule has 3 rings (SSSR count). The van der Waals surface area contributed by atoms with E-state index in [9.17, 15) is 0 Å². The van der Waals surface area contributed by atoms with Gasteiger partial charge in [-0.3, -0.25) is 4.98 Å². The Balaban J connectivity index is 2.05. The molecule has 0 radical (unpaired) electrons. The quantitative estimate of drug-likeness (QED) is 0.930. The topological polar surface area (TPSA) is 50.7 Å². The van der Waals surface area contributed by atoms with Gasteiger partial charge >= 0.3 is 0 Å². The fraction of sp³-hybridized carbons (Fsp3) is 0.438. The van der Waals surface area contributed by atoms with E-state index in [-0.39, 0.29) is 0 Å². The molecule has 2 aromatic rings. The van der Waals surface area contributed by atoms with Crippen LogP contribution in [-0.4, -0.2) is 22.0 Å². The third kappa shape index (κ3) is 2.38. The van der Waals surface area contributed by atoms with E-state index < -0.39 is 0 Å². The minimum absolute atomic E-state index is 0.306. The molecule has 0 saturated heterocycles. The first-order valence-electron chi connectivity index (χ1n) is 7.31. The van der Waals surface area contributed by atoms with Gasteiger partial charge in [0.15, 0.2) is 0 Å². The molecule has 1 aliphatic rings. The molecule has 0 amide bonds. The Labute approximate surface area is 119 Å². The molecule has 0 fully saturated rings. The number of anilines is 1. The summed E-state index contributed by atoms with van der Waals surface area (Å²) in [6.07, 6.45) is 6.18. The summed E-state index contributed by atoms with van der Waals surface area (Å²) in [5.41, 5.74) is 3.66. The lowest BCUT2D eigenvalue weighted by molar-refractivity contribution is 0.584. The molecular weight excluding hydrogens is 248 g/mol. The van der Waals surface area contributed by atoms with Gasteiger partial charge in [-0.2, -0.15) is 0 Å². The molecule has 2 heterocycles. The largest absolute Gasteiger partial charge is 0.373 e. The lowest BCUT2D eigenvalue weighted by atomic mass is 9.84. The molecule has 1 N–H and O–H groups in total. The van der Waals surface area contributed by atoms with Gasteiger partial charge in [-0.05, 0) is 30.9 Å². The first kappa shape index (κ1) is 13.0. The third-order valence-corrected chi connectivity index (χ3v) is 3.92. The maximum Gasteiger partial charge on any atom is 0.130 e. The Morgan fingerprint density at radius 1 is 1.35 bits per heavy atom. The zero-order chi connectivity index (χ0) is 13.9. The standard InChI is InChI=1S/C16H20N4/c1-3-14-19-13(10-15(17-2)20-14)12-8-4-6-11-7-5-9-18-16(11)12/h5,7,9-10,12H,3-4,6,8H2,1-2H3,(H,17,19,20). The van der Waals surface area contributed by atoms with Crippen LogP contribution in [0.3, 0.4) is 0 Å². The van der Waals surface area contributed by atoms with Crippen molar-refractivity contribution in [2.75, 3.05) is 12.4 Å². The predicted octanol–water partition coefficient (Wildman–Crippen LogP) is 2.94. The summed E-state index contributed by atoms with van der Waals surface area (Å²) in [4.78, 5) is 13.8. The van der Waals surface area contributed by atoms with E-state index in [1.165, 1.54) is 17.7 Å². The zero-order valence-electron chi connectivity index (χ0n) is 12.1. The third-order valence-electron chi connectivity index (χ3n) is 3.92. The Kier molecular flexibility index (Phi) is 3.63. The fourth-order valence-corrected chi connectivity index (χ4v) is 2.88. The van der Waals surface area contributed by atoms with Crippen LogP contribution < -0.4 is 5.32 Å². The van der Waals surface area contributed by atoms with Crippen molar-refractivity contribution in [1.29, 1.82) is 0 Å². The number of rotatable bonds is 3. The molecular formula is C16H20N4. The monoisotopic (exact) mass is 268 g/mol. The van der Waals surface area contributed by atoms with Crippen LogP contribution in [0.1, 0.15) is 48.5 Å². The minimum atomic E-state index is 0.306. The van der Waals surface area contributed by atoms with Gasteiger partial charge in [0, 0.05) is 31.6 Å². The molecule has 2 aromatic heterocycles. The van der Waals surface area contributed by atoms with E-state index in [1.807, 2.05) is 19.3 Å². The van der Waals surface area contributed by atoms with Crippen LogP contribution in [0.2, 0.25) is 0 Å². The molecule has 0 spiro atoms. The molecule has 20 heavy (non-hydrogen) atoms. The molecule has 0 saturated carbocycles. The van der Waals surface area contributed by atoms with E-state index in [0.29, 0.717) is 5.92 Å². The van der Waals surface area contributed by atoms with Gasteiger partial charge in [0.25, 0.3) is 0 Å². The smallest absolute Gasteiger partial charge is 0.130 e. The van der Waals surface area contributed by atoms with Crippen molar-refractivity contribution < 1.29 is 0 Å². The minimum Gasteiger partial charge on any atom is -0.373 e. The van der Waals surface area contributed by atoms with Gasteiger partial charge in [0.2, 0.25) is 0 Å². The van der Waals surface area contributed by atoms with Crippen LogP contribution in [0.5, 0.6) is 0 Å². The van der Waals surface area contributed by atoms with Crippen LogP contribution in [0.4, 0.5) is 5.82 Å². The second-order valence-corrected chi connectivity index (χ2v) is 5.19. The highest BCUT2D eigenvalue weighted by molar-refractivity contribution is 5.40. The van der Waals surface area contributed by atoms with Crippen molar-refractivity contribution in [2.45, 2.75) is 38.5 Å². The highest BCUT2D eigenvalue weighted by Crippen LogP contribution is 2.34. The summed E-state index contributed by atoms with van der Waals surface area (Å²) in [6.45, 7) is 2.09. The fourth-order valence-electron chi connectivity index (χ4n) is 2.88. The van der Waals surface area contributed by atoms with Gasteiger partial charge in [0.05, 0.1) is 11.4 Å². The molecule has 0 aromatic carbocycles. The van der Waals surface area contributed by atoms with Gasteiger partial charge < -0.3 is 5.32 Å². The maximum atomic E-state index is 4.73. The first-order valence-corrected chi connectivity index (χ1v) is 7.31. The van der Waals surface area contributed by atoms with Crippen LogP contribution in [-0.2, 0) is 12.8 Å². The van der Waals surface area contributed by atoms with E-state index in [4.69, 9.17) is 4.98 Å². The first-order chi connectivity index (χ1) is 9.81. The molecule has 1 unspecified atom stereocenters. The lowest BCUT2D eigenvalue weighted by Crippen LogP contribution is -2.15. The van der Waals surface area contributed by atoms with E-state index in [1.54, 1.807) is 0 Å². The second kappa shape index (κ2) is 5.57. The molecule has 4 nitrogen and oxygen atoms in total. The molecule has 104 valence electrons. The van der Waals surface area contributed by atoms with Crippen molar-refractivity contribution in [3.05, 3.63) is 47.2 Å². The van der Waals surface area contributed by atoms with Crippen molar-refractivity contribution in [2.24, 2.45) is 0 Å². The number of nitrogens with zero attached hydrogens (tertiary/aromatic N) is 3. The summed E-state index contributed by atoms with van der Waals surface area (Å²) in [6, 6.07) is 6.28. The number of pyridine rings is 1. The van der Waals surface area contributed by atoms with Crippen LogP contribution in [0.15, 0.2) is 24.4 Å². The van der Waals surface area contributed by atoms with Gasteiger partial charge in [-0.15, -0.1) is 0 Å². The van der Waals surface area contributed by atoms with Crippen LogP contribution in [0.25, 0.3) is 0 Å². The Morgan fingerprint density at radius 3 is 3.05 bits per heavy atom. The van der Waals surface area contributed by atoms with E-state index in [0.717, 1.165) is 36.6 Å². The van der Waals surface area contributed by atoms with Crippen molar-refractivity contribution >= 4 is 5.82 Å². The highest BCUT2D eigenvalue weighted by atomic mass is 15.0. The summed E-state index contributed by atoms with van der Waals surface area (Å²) in [5, 5.41) is 3.13. The van der Waals surface area contributed by atoms with E-state index in [2.05, 4.69) is 34.3 Å². The normalized spacial score (nSPS) is 17.6. The summed E-state index contributed by atoms with van der Waals surface area (Å²) < 4.78 is 0. The number of aromatic nitrogens is 3. The molecule has 0 aliphatic heterocycles. The van der Waals surface area contributed by atoms with Crippen molar-refractivity contribution in [1.82, 2.24) is 15.0 Å². The number of fused-ring (bicyclic) bond motifs is 1. The Bertz CT molecular complexity index is 587. The Morgan fingerprint density at radius 2 is 2.25 bits per heavy atom. The molecule has 1 atom stereocenters. The highest BCUT2D eigenvalue weighted by Gasteiger charge is 2.24. The van der Waals surface area contributed by atoms with Crippen molar-refractivity contribution in [3.63, 3.8) is 0 Å². The lowest BCUT2D eigenvalue weighted by Gasteiger charge is -2.24. The molecule has 1 aliphatic carbocycles. The SMILES string of the molecule is CCc1nc(NC)cc(C2CCCc3cccnc32)n1. The summed E-state index contributed by atoms with van der Waals surface area (Å²) >= 11 is 0. The predicted molar refractivity (Wildman–Crippen MR) is 80.0 cm³/mol. The average Bonchev–Trinajstić information content (AvgIpc) is 2.53.